The second-order valence-corrected chi connectivity index (χ2v) is 6.94. The maximum absolute atomic E-state index is 12.9. The Bertz CT molecular complexity index is 1310. The van der Waals surface area contributed by atoms with Gasteiger partial charge in [-0.15, -0.1) is 0 Å². The van der Waals surface area contributed by atoms with Gasteiger partial charge in [0.15, 0.2) is 5.69 Å². The maximum Gasteiger partial charge on any atom is 0.290 e. The molecule has 0 aliphatic rings. The van der Waals surface area contributed by atoms with Crippen LogP contribution in [-0.4, -0.2) is 26.2 Å². The molecular weight excluding hydrogens is 394 g/mol. The van der Waals surface area contributed by atoms with E-state index >= 15 is 0 Å². The number of aryl methyl sites for hydroxylation is 1. The summed E-state index contributed by atoms with van der Waals surface area (Å²) in [5.41, 5.74) is 5.77. The van der Waals surface area contributed by atoms with Crippen molar-refractivity contribution in [1.29, 1.82) is 0 Å². The molecule has 2 aromatic heterocycles. The van der Waals surface area contributed by atoms with E-state index in [-0.39, 0.29) is 11.3 Å². The van der Waals surface area contributed by atoms with E-state index in [1.165, 1.54) is 4.68 Å². The number of nitrogens with one attached hydrogen (secondary N) is 2. The standard InChI is InChI=1S/C23H21N5O3/c1-2-13-28-23(31)17-10-4-3-9-16(17)20(26-28)22(30)25-24-21(29)18-11-5-6-12-19(18)27-14-7-8-15-27/h3-12,14-15H,2,13H2,1H3,(H,24,29)(H,25,30). The van der Waals surface area contributed by atoms with Crippen molar-refractivity contribution in [3.63, 3.8) is 0 Å². The van der Waals surface area contributed by atoms with Gasteiger partial charge in [-0.25, -0.2) is 4.68 Å². The largest absolute Gasteiger partial charge is 0.323 e. The number of benzene rings is 2. The summed E-state index contributed by atoms with van der Waals surface area (Å²) in [6.07, 6.45) is 4.36. The molecule has 8 nitrogen and oxygen atoms in total. The van der Waals surface area contributed by atoms with Crippen LogP contribution in [0.1, 0.15) is 34.2 Å². The number of rotatable bonds is 5. The first kappa shape index (κ1) is 20.1. The molecule has 2 N–H and O–H groups in total. The molecule has 0 unspecified atom stereocenters. The average molecular weight is 415 g/mol. The molecule has 0 saturated heterocycles. The molecule has 0 bridgehead atoms. The summed E-state index contributed by atoms with van der Waals surface area (Å²) in [6.45, 7) is 2.31. The molecule has 4 aromatic rings. The second kappa shape index (κ2) is 8.66. The lowest BCUT2D eigenvalue weighted by atomic mass is 10.1. The van der Waals surface area contributed by atoms with Crippen LogP contribution in [0.5, 0.6) is 0 Å². The zero-order valence-electron chi connectivity index (χ0n) is 16.9. The van der Waals surface area contributed by atoms with Gasteiger partial charge in [-0.05, 0) is 36.8 Å². The second-order valence-electron chi connectivity index (χ2n) is 6.94. The summed E-state index contributed by atoms with van der Waals surface area (Å²) < 4.78 is 3.09. The van der Waals surface area contributed by atoms with Crippen molar-refractivity contribution in [2.45, 2.75) is 19.9 Å². The summed E-state index contributed by atoms with van der Waals surface area (Å²) >= 11 is 0. The van der Waals surface area contributed by atoms with E-state index in [0.29, 0.717) is 35.0 Å². The predicted octanol–water partition coefficient (Wildman–Crippen LogP) is 2.67. The summed E-state index contributed by atoms with van der Waals surface area (Å²) in [6, 6.07) is 17.6. The number of hydrazine groups is 1. The van der Waals surface area contributed by atoms with Crippen molar-refractivity contribution in [3.05, 3.63) is 94.7 Å². The molecule has 2 heterocycles. The highest BCUT2D eigenvalue weighted by Crippen LogP contribution is 2.15. The third-order valence-corrected chi connectivity index (χ3v) is 4.84. The molecule has 0 fully saturated rings. The quantitative estimate of drug-likeness (QED) is 0.490. The van der Waals surface area contributed by atoms with Crippen LogP contribution >= 0.6 is 0 Å². The van der Waals surface area contributed by atoms with Crippen LogP contribution in [-0.2, 0) is 6.54 Å². The van der Waals surface area contributed by atoms with Gasteiger partial charge in [-0.2, -0.15) is 5.10 Å². The molecule has 4 rings (SSSR count). The number of amides is 2. The topological polar surface area (TPSA) is 98.0 Å². The van der Waals surface area contributed by atoms with Crippen LogP contribution < -0.4 is 16.4 Å². The molecule has 0 atom stereocenters. The van der Waals surface area contributed by atoms with E-state index in [1.807, 2.05) is 48.1 Å². The van der Waals surface area contributed by atoms with Gasteiger partial charge in [0.1, 0.15) is 0 Å². The molecule has 31 heavy (non-hydrogen) atoms. The van der Waals surface area contributed by atoms with Gasteiger partial charge in [-0.1, -0.05) is 37.3 Å². The van der Waals surface area contributed by atoms with Crippen LogP contribution in [0.15, 0.2) is 77.9 Å². The van der Waals surface area contributed by atoms with Crippen molar-refractivity contribution in [2.75, 3.05) is 0 Å². The molecule has 0 aliphatic carbocycles. The molecule has 2 aromatic carbocycles. The van der Waals surface area contributed by atoms with Crippen LogP contribution in [0.3, 0.4) is 0 Å². The highest BCUT2D eigenvalue weighted by Gasteiger charge is 2.18. The first-order valence-corrected chi connectivity index (χ1v) is 9.93. The number of aromatic nitrogens is 3. The van der Waals surface area contributed by atoms with Gasteiger partial charge in [0.25, 0.3) is 17.4 Å². The third kappa shape index (κ3) is 3.95. The fourth-order valence-electron chi connectivity index (χ4n) is 3.39. The first-order chi connectivity index (χ1) is 15.1. The Labute approximate surface area is 178 Å². The molecular formula is C23H21N5O3. The molecule has 156 valence electrons. The Morgan fingerprint density at radius 2 is 1.52 bits per heavy atom. The van der Waals surface area contributed by atoms with Gasteiger partial charge in [0.05, 0.1) is 16.6 Å². The van der Waals surface area contributed by atoms with Crippen LogP contribution in [0.2, 0.25) is 0 Å². The van der Waals surface area contributed by atoms with Gasteiger partial charge in [0, 0.05) is 24.3 Å². The van der Waals surface area contributed by atoms with E-state index in [9.17, 15) is 14.4 Å². The minimum absolute atomic E-state index is 0.0719. The first-order valence-electron chi connectivity index (χ1n) is 9.93. The van der Waals surface area contributed by atoms with E-state index in [1.54, 1.807) is 36.4 Å². The summed E-state index contributed by atoms with van der Waals surface area (Å²) in [4.78, 5) is 38.2. The molecule has 0 aliphatic heterocycles. The highest BCUT2D eigenvalue weighted by atomic mass is 16.2. The number of carbonyl (C=O) groups excluding carboxylic acids is 2. The van der Waals surface area contributed by atoms with Gasteiger partial charge in [-0.3, -0.25) is 25.2 Å². The summed E-state index contributed by atoms with van der Waals surface area (Å²) in [7, 11) is 0. The lowest BCUT2D eigenvalue weighted by molar-refractivity contribution is 0.0843. The minimum Gasteiger partial charge on any atom is -0.323 e. The molecule has 8 heteroatoms. The zero-order valence-corrected chi connectivity index (χ0v) is 16.9. The maximum atomic E-state index is 12.9. The Morgan fingerprint density at radius 3 is 2.26 bits per heavy atom. The van der Waals surface area contributed by atoms with Crippen molar-refractivity contribution in [3.8, 4) is 5.69 Å². The van der Waals surface area contributed by atoms with Gasteiger partial charge in [0.2, 0.25) is 0 Å². The Hall–Kier alpha value is -4.20. The predicted molar refractivity (Wildman–Crippen MR) is 117 cm³/mol. The third-order valence-electron chi connectivity index (χ3n) is 4.84. The fraction of sp³-hybridized carbons (Fsp3) is 0.130. The molecule has 0 spiro atoms. The number of carbonyl (C=O) groups is 2. The normalized spacial score (nSPS) is 10.7. The highest BCUT2D eigenvalue weighted by molar-refractivity contribution is 6.06. The number of hydrogen-bond acceptors (Lipinski definition) is 4. The van der Waals surface area contributed by atoms with Crippen LogP contribution in [0, 0.1) is 0 Å². The Balaban J connectivity index is 1.60. The Morgan fingerprint density at radius 1 is 0.871 bits per heavy atom. The zero-order chi connectivity index (χ0) is 21.8. The van der Waals surface area contributed by atoms with Crippen molar-refractivity contribution >= 4 is 22.6 Å². The van der Waals surface area contributed by atoms with Crippen molar-refractivity contribution in [1.82, 2.24) is 25.2 Å². The number of nitrogens with zero attached hydrogens (tertiary/aromatic N) is 3. The number of fused-ring (bicyclic) bond motifs is 1. The van der Waals surface area contributed by atoms with E-state index in [2.05, 4.69) is 16.0 Å². The van der Waals surface area contributed by atoms with E-state index in [4.69, 9.17) is 0 Å². The van der Waals surface area contributed by atoms with Crippen molar-refractivity contribution < 1.29 is 9.59 Å². The monoisotopic (exact) mass is 415 g/mol. The van der Waals surface area contributed by atoms with Crippen LogP contribution in [0.4, 0.5) is 0 Å². The van der Waals surface area contributed by atoms with Crippen molar-refractivity contribution in [2.24, 2.45) is 0 Å². The van der Waals surface area contributed by atoms with Crippen LogP contribution in [0.25, 0.3) is 16.5 Å². The Kier molecular flexibility index (Phi) is 5.61. The number of hydrogen-bond donors (Lipinski definition) is 2. The molecule has 2 amide bonds. The van der Waals surface area contributed by atoms with Gasteiger partial charge < -0.3 is 4.57 Å². The van der Waals surface area contributed by atoms with Gasteiger partial charge >= 0.3 is 0 Å². The minimum atomic E-state index is -0.604. The number of para-hydroxylation sites is 1. The SMILES string of the molecule is CCCn1nc(C(=O)NNC(=O)c2ccccc2-n2cccc2)c2ccccc2c1=O. The smallest absolute Gasteiger partial charge is 0.290 e. The summed E-state index contributed by atoms with van der Waals surface area (Å²) in [5, 5.41) is 5.07. The lowest BCUT2D eigenvalue weighted by Gasteiger charge is -2.13. The molecule has 0 saturated carbocycles. The average Bonchev–Trinajstić information content (AvgIpc) is 3.34. The molecule has 0 radical (unpaired) electrons. The fourth-order valence-corrected chi connectivity index (χ4v) is 3.39. The van der Waals surface area contributed by atoms with E-state index < -0.39 is 11.8 Å². The lowest BCUT2D eigenvalue weighted by Crippen LogP contribution is -2.43. The van der Waals surface area contributed by atoms with E-state index in [0.717, 1.165) is 0 Å². The summed E-state index contributed by atoms with van der Waals surface area (Å²) in [5.74, 6) is -1.07.